The zero-order valence-corrected chi connectivity index (χ0v) is 13.0. The Labute approximate surface area is 133 Å². The van der Waals surface area contributed by atoms with Crippen molar-refractivity contribution in [3.63, 3.8) is 0 Å². The molecule has 0 aromatic heterocycles. The Kier molecular flexibility index (Phi) is 5.96. The maximum atomic E-state index is 11.8. The summed E-state index contributed by atoms with van der Waals surface area (Å²) in [5, 5.41) is 0. The van der Waals surface area contributed by atoms with Gasteiger partial charge in [-0.3, -0.25) is 18.6 Å². The van der Waals surface area contributed by atoms with Gasteiger partial charge in [-0.25, -0.2) is 4.57 Å². The van der Waals surface area contributed by atoms with Crippen LogP contribution in [-0.4, -0.2) is 29.7 Å². The first kappa shape index (κ1) is 17.2. The average Bonchev–Trinajstić information content (AvgIpc) is 2.59. The lowest BCUT2D eigenvalue weighted by Gasteiger charge is -2.11. The summed E-state index contributed by atoms with van der Waals surface area (Å²) in [6, 6.07) is 16.4. The van der Waals surface area contributed by atoms with Crippen LogP contribution in [0.5, 0.6) is 0 Å². The Morgan fingerprint density at radius 3 is 1.48 bits per heavy atom. The highest BCUT2D eigenvalue weighted by molar-refractivity contribution is 7.47. The molecular weight excluding hydrogens is 319 g/mol. The highest BCUT2D eigenvalue weighted by atomic mass is 31.2. The normalized spacial score (nSPS) is 11.2. The zero-order chi connectivity index (χ0) is 16.7. The fourth-order valence-electron chi connectivity index (χ4n) is 1.73. The lowest BCUT2D eigenvalue weighted by Crippen LogP contribution is -2.12. The fourth-order valence-corrected chi connectivity index (χ4v) is 2.37. The highest BCUT2D eigenvalue weighted by Gasteiger charge is 2.24. The number of carbonyl (C=O) groups excluding carboxylic acids is 2. The van der Waals surface area contributed by atoms with E-state index < -0.39 is 32.6 Å². The molecule has 0 heterocycles. The second-order valence-corrected chi connectivity index (χ2v) is 6.05. The first-order chi connectivity index (χ1) is 11.0. The second-order valence-electron chi connectivity index (χ2n) is 4.59. The topological polar surface area (TPSA) is 89.9 Å². The summed E-state index contributed by atoms with van der Waals surface area (Å²) in [6.45, 7) is -1.23. The summed E-state index contributed by atoms with van der Waals surface area (Å²) in [4.78, 5) is 33.1. The average molecular weight is 334 g/mol. The third-order valence-electron chi connectivity index (χ3n) is 2.91. The lowest BCUT2D eigenvalue weighted by molar-refractivity contribution is 0.0800. The number of hydrogen-bond acceptors (Lipinski definition) is 5. The molecule has 120 valence electrons. The quantitative estimate of drug-likeness (QED) is 0.590. The number of Topliss-reactive ketones (excluding diaryl/α,β-unsaturated/α-hetero) is 2. The van der Waals surface area contributed by atoms with Gasteiger partial charge in [0, 0.05) is 11.1 Å². The lowest BCUT2D eigenvalue weighted by atomic mass is 10.1. The van der Waals surface area contributed by atoms with E-state index in [4.69, 9.17) is 0 Å². The molecule has 0 saturated carbocycles. The maximum absolute atomic E-state index is 11.8. The Hall–Kier alpha value is -2.11. The first-order valence-corrected chi connectivity index (χ1v) is 8.26. The van der Waals surface area contributed by atoms with Gasteiger partial charge in [-0.1, -0.05) is 60.7 Å². The summed E-state index contributed by atoms with van der Waals surface area (Å²) >= 11 is 0. The van der Waals surface area contributed by atoms with E-state index in [9.17, 15) is 19.0 Å². The zero-order valence-electron chi connectivity index (χ0n) is 12.1. The molecule has 1 N–H and O–H groups in total. The third kappa shape index (κ3) is 5.54. The van der Waals surface area contributed by atoms with Gasteiger partial charge >= 0.3 is 7.82 Å². The van der Waals surface area contributed by atoms with Gasteiger partial charge in [-0.05, 0) is 0 Å². The molecule has 0 amide bonds. The summed E-state index contributed by atoms with van der Waals surface area (Å²) in [6.07, 6.45) is 0. The van der Waals surface area contributed by atoms with Crippen LogP contribution in [0.1, 0.15) is 20.7 Å². The number of phosphoric acid groups is 1. The van der Waals surface area contributed by atoms with E-state index in [1.54, 1.807) is 60.7 Å². The number of carbonyl (C=O) groups is 2. The Bertz CT molecular complexity index is 654. The molecule has 23 heavy (non-hydrogen) atoms. The minimum absolute atomic E-state index is 0.355. The molecule has 0 spiro atoms. The fraction of sp³-hybridized carbons (Fsp3) is 0.125. The van der Waals surface area contributed by atoms with Gasteiger partial charge in [-0.15, -0.1) is 0 Å². The molecule has 0 atom stereocenters. The van der Waals surface area contributed by atoms with Crippen molar-refractivity contribution >= 4 is 19.4 Å². The predicted molar refractivity (Wildman–Crippen MR) is 83.3 cm³/mol. The minimum atomic E-state index is -4.48. The summed E-state index contributed by atoms with van der Waals surface area (Å²) in [5.74, 6) is -0.921. The Balaban J connectivity index is 1.84. The minimum Gasteiger partial charge on any atom is -0.302 e. The summed E-state index contributed by atoms with van der Waals surface area (Å²) < 4.78 is 20.9. The molecule has 0 radical (unpaired) electrons. The molecule has 0 aliphatic rings. The van der Waals surface area contributed by atoms with Crippen LogP contribution in [0.2, 0.25) is 0 Å². The van der Waals surface area contributed by atoms with Crippen molar-refractivity contribution in [2.45, 2.75) is 0 Å². The molecule has 0 unspecified atom stereocenters. The van der Waals surface area contributed by atoms with Crippen molar-refractivity contribution < 1.29 is 28.1 Å². The number of ketones is 2. The standard InChI is InChI=1S/C16H15O6P/c17-15(13-7-3-1-4-8-13)11-21-23(19,20)22-12-16(18)14-9-5-2-6-10-14/h1-10H,11-12H2,(H,19,20). The summed E-state index contributed by atoms with van der Waals surface area (Å²) in [7, 11) is -4.48. The van der Waals surface area contributed by atoms with E-state index in [1.807, 2.05) is 0 Å². The molecule has 2 aromatic carbocycles. The molecule has 0 fully saturated rings. The second kappa shape index (κ2) is 7.94. The van der Waals surface area contributed by atoms with E-state index in [-0.39, 0.29) is 0 Å². The van der Waals surface area contributed by atoms with E-state index in [0.29, 0.717) is 11.1 Å². The van der Waals surface area contributed by atoms with Crippen LogP contribution >= 0.6 is 7.82 Å². The maximum Gasteiger partial charge on any atom is 0.473 e. The van der Waals surface area contributed by atoms with Crippen molar-refractivity contribution in [1.29, 1.82) is 0 Å². The molecule has 0 saturated heterocycles. The summed E-state index contributed by atoms with van der Waals surface area (Å²) in [5.41, 5.74) is 0.709. The van der Waals surface area contributed by atoms with E-state index in [0.717, 1.165) is 0 Å². The van der Waals surface area contributed by atoms with Gasteiger partial charge < -0.3 is 4.89 Å². The van der Waals surface area contributed by atoms with Crippen molar-refractivity contribution in [3.05, 3.63) is 71.8 Å². The highest BCUT2D eigenvalue weighted by Crippen LogP contribution is 2.43. The van der Waals surface area contributed by atoms with Crippen LogP contribution in [0.25, 0.3) is 0 Å². The van der Waals surface area contributed by atoms with Crippen LogP contribution in [0.4, 0.5) is 0 Å². The van der Waals surface area contributed by atoms with Crippen molar-refractivity contribution in [1.82, 2.24) is 0 Å². The van der Waals surface area contributed by atoms with Gasteiger partial charge in [0.15, 0.2) is 11.6 Å². The molecule has 2 rings (SSSR count). The predicted octanol–water partition coefficient (Wildman–Crippen LogP) is 2.89. The van der Waals surface area contributed by atoms with Gasteiger partial charge in [0.2, 0.25) is 0 Å². The van der Waals surface area contributed by atoms with Crippen molar-refractivity contribution in [2.24, 2.45) is 0 Å². The first-order valence-electron chi connectivity index (χ1n) is 6.76. The van der Waals surface area contributed by atoms with E-state index in [2.05, 4.69) is 9.05 Å². The van der Waals surface area contributed by atoms with Gasteiger partial charge in [0.1, 0.15) is 13.2 Å². The van der Waals surface area contributed by atoms with Crippen LogP contribution in [-0.2, 0) is 13.6 Å². The molecule has 0 bridgehead atoms. The number of rotatable bonds is 8. The van der Waals surface area contributed by atoms with Gasteiger partial charge in [0.05, 0.1) is 0 Å². The molecule has 0 aliphatic heterocycles. The largest absolute Gasteiger partial charge is 0.473 e. The monoisotopic (exact) mass is 334 g/mol. The molecule has 0 aliphatic carbocycles. The number of phosphoric ester groups is 1. The molecule has 7 heteroatoms. The smallest absolute Gasteiger partial charge is 0.302 e. The molecular formula is C16H15O6P. The number of hydrogen-bond donors (Lipinski definition) is 1. The van der Waals surface area contributed by atoms with Gasteiger partial charge in [-0.2, -0.15) is 0 Å². The van der Waals surface area contributed by atoms with Crippen LogP contribution < -0.4 is 0 Å². The molecule has 2 aromatic rings. The molecule has 6 nitrogen and oxygen atoms in total. The Morgan fingerprint density at radius 1 is 0.783 bits per heavy atom. The van der Waals surface area contributed by atoms with E-state index in [1.165, 1.54) is 0 Å². The van der Waals surface area contributed by atoms with Gasteiger partial charge in [0.25, 0.3) is 0 Å². The van der Waals surface area contributed by atoms with Crippen molar-refractivity contribution in [2.75, 3.05) is 13.2 Å². The van der Waals surface area contributed by atoms with Crippen molar-refractivity contribution in [3.8, 4) is 0 Å². The third-order valence-corrected chi connectivity index (χ3v) is 3.82. The van der Waals surface area contributed by atoms with Crippen LogP contribution in [0, 0.1) is 0 Å². The van der Waals surface area contributed by atoms with Crippen LogP contribution in [0.15, 0.2) is 60.7 Å². The Morgan fingerprint density at radius 2 is 1.13 bits per heavy atom. The number of benzene rings is 2. The van der Waals surface area contributed by atoms with E-state index >= 15 is 0 Å². The van der Waals surface area contributed by atoms with Crippen LogP contribution in [0.3, 0.4) is 0 Å². The SMILES string of the molecule is O=C(COP(=O)(O)OCC(=O)c1ccccc1)c1ccccc1.